The summed E-state index contributed by atoms with van der Waals surface area (Å²) in [6, 6.07) is 12.0. The average molecular weight is 270 g/mol. The van der Waals surface area contributed by atoms with Gasteiger partial charge in [0.05, 0.1) is 0 Å². The van der Waals surface area contributed by atoms with E-state index in [1.54, 1.807) is 11.3 Å². The summed E-state index contributed by atoms with van der Waals surface area (Å²) in [5.74, 6) is 0.794. The SMILES string of the molecule is OC1(c2cccs2)C2=NCCCN2c2ccccc21. The lowest BCUT2D eigenvalue weighted by Crippen LogP contribution is -2.43. The molecule has 0 aliphatic carbocycles. The third-order valence-electron chi connectivity index (χ3n) is 3.84. The first-order valence-corrected chi connectivity index (χ1v) is 7.38. The Morgan fingerprint density at radius 1 is 1.21 bits per heavy atom. The van der Waals surface area contributed by atoms with Gasteiger partial charge in [-0.1, -0.05) is 24.3 Å². The van der Waals surface area contributed by atoms with E-state index in [1.165, 1.54) is 0 Å². The zero-order valence-electron chi connectivity index (χ0n) is 10.4. The van der Waals surface area contributed by atoms with Gasteiger partial charge in [-0.3, -0.25) is 4.99 Å². The Hall–Kier alpha value is -1.65. The minimum atomic E-state index is -1.06. The van der Waals surface area contributed by atoms with Crippen LogP contribution in [0.25, 0.3) is 0 Å². The molecular formula is C15H14N2OS. The number of nitrogens with zero attached hydrogens (tertiary/aromatic N) is 2. The second kappa shape index (κ2) is 3.92. The van der Waals surface area contributed by atoms with Crippen molar-refractivity contribution in [3.05, 3.63) is 52.2 Å². The van der Waals surface area contributed by atoms with Gasteiger partial charge in [-0.25, -0.2) is 0 Å². The van der Waals surface area contributed by atoms with Gasteiger partial charge in [-0.15, -0.1) is 11.3 Å². The van der Waals surface area contributed by atoms with Crippen molar-refractivity contribution in [2.45, 2.75) is 12.0 Å². The van der Waals surface area contributed by atoms with Gasteiger partial charge in [-0.2, -0.15) is 0 Å². The summed E-state index contributed by atoms with van der Waals surface area (Å²) in [7, 11) is 0. The number of hydrogen-bond acceptors (Lipinski definition) is 4. The molecule has 4 rings (SSSR count). The molecule has 2 aromatic rings. The van der Waals surface area contributed by atoms with E-state index in [-0.39, 0.29) is 0 Å². The lowest BCUT2D eigenvalue weighted by atomic mass is 9.93. The Morgan fingerprint density at radius 3 is 2.95 bits per heavy atom. The fraction of sp³-hybridized carbons (Fsp3) is 0.267. The maximum Gasteiger partial charge on any atom is 0.184 e. The summed E-state index contributed by atoms with van der Waals surface area (Å²) >= 11 is 1.58. The first kappa shape index (κ1) is 11.2. The summed E-state index contributed by atoms with van der Waals surface area (Å²) in [5, 5.41) is 13.3. The average Bonchev–Trinajstić information content (AvgIpc) is 3.08. The molecule has 19 heavy (non-hydrogen) atoms. The molecule has 1 atom stereocenters. The normalized spacial score (nSPS) is 24.9. The minimum absolute atomic E-state index is 0.794. The van der Waals surface area contributed by atoms with E-state index in [0.717, 1.165) is 41.5 Å². The van der Waals surface area contributed by atoms with Crippen LogP contribution in [0.1, 0.15) is 16.9 Å². The van der Waals surface area contributed by atoms with E-state index in [2.05, 4.69) is 16.0 Å². The Morgan fingerprint density at radius 2 is 2.11 bits per heavy atom. The molecule has 1 N–H and O–H groups in total. The molecule has 1 aromatic carbocycles. The molecule has 1 aromatic heterocycles. The predicted molar refractivity (Wildman–Crippen MR) is 78.0 cm³/mol. The van der Waals surface area contributed by atoms with Gasteiger partial charge < -0.3 is 10.0 Å². The number of fused-ring (bicyclic) bond motifs is 3. The molecule has 0 bridgehead atoms. The Bertz CT molecular complexity index is 650. The molecule has 4 heteroatoms. The van der Waals surface area contributed by atoms with Crippen LogP contribution in [-0.4, -0.2) is 24.0 Å². The van der Waals surface area contributed by atoms with Crippen molar-refractivity contribution in [1.29, 1.82) is 0 Å². The molecule has 0 fully saturated rings. The smallest absolute Gasteiger partial charge is 0.184 e. The lowest BCUT2D eigenvalue weighted by molar-refractivity contribution is 0.162. The highest BCUT2D eigenvalue weighted by Crippen LogP contribution is 2.47. The number of anilines is 1. The van der Waals surface area contributed by atoms with E-state index in [0.29, 0.717) is 0 Å². The van der Waals surface area contributed by atoms with E-state index >= 15 is 0 Å². The summed E-state index contributed by atoms with van der Waals surface area (Å²) in [5.41, 5.74) is 0.987. The third kappa shape index (κ3) is 1.38. The molecule has 3 heterocycles. The monoisotopic (exact) mass is 270 g/mol. The van der Waals surface area contributed by atoms with Gasteiger partial charge in [0.1, 0.15) is 5.84 Å². The lowest BCUT2D eigenvalue weighted by Gasteiger charge is -2.29. The topological polar surface area (TPSA) is 35.8 Å². The third-order valence-corrected chi connectivity index (χ3v) is 4.82. The van der Waals surface area contributed by atoms with Crippen LogP contribution in [-0.2, 0) is 5.60 Å². The number of amidine groups is 1. The van der Waals surface area contributed by atoms with Gasteiger partial charge in [-0.05, 0) is 23.9 Å². The number of aliphatic imine (C=N–C) groups is 1. The van der Waals surface area contributed by atoms with Gasteiger partial charge >= 0.3 is 0 Å². The molecule has 0 saturated carbocycles. The molecule has 0 amide bonds. The number of thiophene rings is 1. The van der Waals surface area contributed by atoms with Crippen molar-refractivity contribution in [3.8, 4) is 0 Å². The van der Waals surface area contributed by atoms with Gasteiger partial charge in [0.2, 0.25) is 0 Å². The van der Waals surface area contributed by atoms with Gasteiger partial charge in [0.15, 0.2) is 5.60 Å². The summed E-state index contributed by atoms with van der Waals surface area (Å²) in [6.07, 6.45) is 1.04. The number of aliphatic hydroxyl groups is 1. The largest absolute Gasteiger partial charge is 0.372 e. The molecule has 2 aliphatic rings. The van der Waals surface area contributed by atoms with Crippen LogP contribution in [0.2, 0.25) is 0 Å². The molecule has 3 nitrogen and oxygen atoms in total. The molecule has 2 aliphatic heterocycles. The van der Waals surface area contributed by atoms with Crippen molar-refractivity contribution in [1.82, 2.24) is 0 Å². The predicted octanol–water partition coefficient (Wildman–Crippen LogP) is 2.61. The highest BCUT2D eigenvalue weighted by Gasteiger charge is 2.49. The number of hydrogen-bond donors (Lipinski definition) is 1. The van der Waals surface area contributed by atoms with Crippen molar-refractivity contribution in [2.24, 2.45) is 4.99 Å². The van der Waals surface area contributed by atoms with Crippen molar-refractivity contribution >= 4 is 22.9 Å². The van der Waals surface area contributed by atoms with Crippen LogP contribution in [0.3, 0.4) is 0 Å². The Kier molecular flexibility index (Phi) is 2.31. The quantitative estimate of drug-likeness (QED) is 0.864. The standard InChI is InChI=1S/C15H14N2OS/c18-15(13-7-3-10-19-13)11-5-1-2-6-12(11)17-9-4-8-16-14(15)17/h1-3,5-7,10,18H,4,8-9H2. The number of para-hydroxylation sites is 1. The summed E-state index contributed by atoms with van der Waals surface area (Å²) in [4.78, 5) is 7.73. The summed E-state index contributed by atoms with van der Waals surface area (Å²) in [6.45, 7) is 1.73. The van der Waals surface area contributed by atoms with E-state index in [4.69, 9.17) is 0 Å². The molecule has 96 valence electrons. The van der Waals surface area contributed by atoms with E-state index < -0.39 is 5.60 Å². The maximum absolute atomic E-state index is 11.3. The first-order valence-electron chi connectivity index (χ1n) is 6.50. The molecule has 0 spiro atoms. The maximum atomic E-state index is 11.3. The highest BCUT2D eigenvalue weighted by molar-refractivity contribution is 7.10. The van der Waals surface area contributed by atoms with Crippen LogP contribution in [0.5, 0.6) is 0 Å². The van der Waals surface area contributed by atoms with Crippen molar-refractivity contribution < 1.29 is 5.11 Å². The molecule has 0 saturated heterocycles. The second-order valence-corrected chi connectivity index (χ2v) is 5.86. The van der Waals surface area contributed by atoms with Gasteiger partial charge in [0, 0.05) is 29.2 Å². The Labute approximate surface area is 115 Å². The summed E-state index contributed by atoms with van der Waals surface area (Å²) < 4.78 is 0. The van der Waals surface area contributed by atoms with Crippen molar-refractivity contribution in [3.63, 3.8) is 0 Å². The minimum Gasteiger partial charge on any atom is -0.372 e. The zero-order valence-corrected chi connectivity index (χ0v) is 11.2. The number of rotatable bonds is 1. The number of benzene rings is 1. The van der Waals surface area contributed by atoms with Crippen LogP contribution >= 0.6 is 11.3 Å². The van der Waals surface area contributed by atoms with Gasteiger partial charge in [0.25, 0.3) is 0 Å². The van der Waals surface area contributed by atoms with Crippen molar-refractivity contribution in [2.75, 3.05) is 18.0 Å². The molecule has 0 radical (unpaired) electrons. The Balaban J connectivity index is 2.01. The molecular weight excluding hydrogens is 256 g/mol. The zero-order chi connectivity index (χ0) is 12.9. The highest BCUT2D eigenvalue weighted by atomic mass is 32.1. The first-order chi connectivity index (χ1) is 9.32. The fourth-order valence-electron chi connectivity index (χ4n) is 3.01. The van der Waals surface area contributed by atoms with Crippen LogP contribution in [0.4, 0.5) is 5.69 Å². The van der Waals surface area contributed by atoms with E-state index in [9.17, 15) is 5.11 Å². The second-order valence-electron chi connectivity index (χ2n) is 4.92. The van der Waals surface area contributed by atoms with Crippen LogP contribution in [0.15, 0.2) is 46.8 Å². The molecule has 1 unspecified atom stereocenters. The van der Waals surface area contributed by atoms with Crippen LogP contribution in [0, 0.1) is 0 Å². The fourth-order valence-corrected chi connectivity index (χ4v) is 3.84. The van der Waals surface area contributed by atoms with E-state index in [1.807, 2.05) is 35.7 Å². The van der Waals surface area contributed by atoms with Crippen LogP contribution < -0.4 is 4.90 Å².